The minimum atomic E-state index is -3.82. The Morgan fingerprint density at radius 1 is 1.23 bits per heavy atom. The van der Waals surface area contributed by atoms with Gasteiger partial charge in [0, 0.05) is 17.0 Å². The number of sulfonamides is 1. The van der Waals surface area contributed by atoms with Gasteiger partial charge in [-0.1, -0.05) is 19.9 Å². The summed E-state index contributed by atoms with van der Waals surface area (Å²) in [5.41, 5.74) is 8.94. The first kappa shape index (κ1) is 18.7. The van der Waals surface area contributed by atoms with Crippen molar-refractivity contribution in [1.82, 2.24) is 14.8 Å². The largest absolute Gasteiger partial charge is 0.326 e. The topological polar surface area (TPSA) is 117 Å². The maximum Gasteiger partial charge on any atom is 0.248 e. The normalized spacial score (nSPS) is 12.0. The van der Waals surface area contributed by atoms with Gasteiger partial charge in [0.05, 0.1) is 5.69 Å². The lowest BCUT2D eigenvalue weighted by atomic mass is 10.00. The molecule has 0 radical (unpaired) electrons. The van der Waals surface area contributed by atoms with E-state index in [0.717, 1.165) is 28.1 Å². The standard InChI is InChI=1S/C17H21N5O2S2/c1-11(2)5-14-7-16(17(25-14)26(19,23)24)15-4-3-13(6-12(15)8-18)22-10-20-9-21-22/h3-4,6-7,9-11H,5,8,18H2,1-2H3,(H2,19,23,24). The molecule has 0 fully saturated rings. The summed E-state index contributed by atoms with van der Waals surface area (Å²) in [6.45, 7) is 4.44. The molecule has 0 atom stereocenters. The van der Waals surface area contributed by atoms with Crippen molar-refractivity contribution in [1.29, 1.82) is 0 Å². The molecule has 2 heterocycles. The molecule has 0 aliphatic rings. The predicted molar refractivity (Wildman–Crippen MR) is 102 cm³/mol. The van der Waals surface area contributed by atoms with Gasteiger partial charge in [-0.2, -0.15) is 5.10 Å². The smallest absolute Gasteiger partial charge is 0.248 e. The summed E-state index contributed by atoms with van der Waals surface area (Å²) in [4.78, 5) is 4.93. The van der Waals surface area contributed by atoms with Gasteiger partial charge in [0.25, 0.3) is 0 Å². The number of primary sulfonamides is 1. The minimum Gasteiger partial charge on any atom is -0.326 e. The fourth-order valence-electron chi connectivity index (χ4n) is 2.82. The van der Waals surface area contributed by atoms with Crippen LogP contribution in [0.4, 0.5) is 0 Å². The van der Waals surface area contributed by atoms with E-state index >= 15 is 0 Å². The average molecular weight is 392 g/mol. The van der Waals surface area contributed by atoms with E-state index in [1.54, 1.807) is 11.0 Å². The Morgan fingerprint density at radius 2 is 2.00 bits per heavy atom. The van der Waals surface area contributed by atoms with Gasteiger partial charge in [-0.15, -0.1) is 11.3 Å². The van der Waals surface area contributed by atoms with Crippen LogP contribution in [0.2, 0.25) is 0 Å². The lowest BCUT2D eigenvalue weighted by Crippen LogP contribution is -2.12. The van der Waals surface area contributed by atoms with Crippen LogP contribution in [0.1, 0.15) is 24.3 Å². The van der Waals surface area contributed by atoms with Crippen molar-refractivity contribution in [2.24, 2.45) is 16.8 Å². The van der Waals surface area contributed by atoms with Gasteiger partial charge < -0.3 is 5.73 Å². The molecule has 0 bridgehead atoms. The summed E-state index contributed by atoms with van der Waals surface area (Å²) in [6.07, 6.45) is 3.84. The first-order valence-electron chi connectivity index (χ1n) is 8.13. The highest BCUT2D eigenvalue weighted by atomic mass is 32.2. The summed E-state index contributed by atoms with van der Waals surface area (Å²) >= 11 is 1.23. The highest BCUT2D eigenvalue weighted by molar-refractivity contribution is 7.91. The molecule has 0 saturated carbocycles. The van der Waals surface area contributed by atoms with Crippen molar-refractivity contribution in [3.63, 3.8) is 0 Å². The van der Waals surface area contributed by atoms with E-state index in [1.165, 1.54) is 17.7 Å². The third kappa shape index (κ3) is 3.85. The highest BCUT2D eigenvalue weighted by Gasteiger charge is 2.22. The summed E-state index contributed by atoms with van der Waals surface area (Å²) in [5, 5.41) is 9.58. The molecule has 7 nitrogen and oxygen atoms in total. The third-order valence-electron chi connectivity index (χ3n) is 3.90. The fraction of sp³-hybridized carbons (Fsp3) is 0.294. The second-order valence-electron chi connectivity index (χ2n) is 6.44. The second-order valence-corrected chi connectivity index (χ2v) is 9.34. The van der Waals surface area contributed by atoms with Crippen LogP contribution in [-0.4, -0.2) is 23.2 Å². The molecule has 26 heavy (non-hydrogen) atoms. The van der Waals surface area contributed by atoms with Gasteiger partial charge >= 0.3 is 0 Å². The molecule has 0 amide bonds. The number of hydrogen-bond acceptors (Lipinski definition) is 6. The van der Waals surface area contributed by atoms with Crippen LogP contribution < -0.4 is 10.9 Å². The molecule has 9 heteroatoms. The summed E-state index contributed by atoms with van der Waals surface area (Å²) < 4.78 is 26.0. The van der Waals surface area contributed by atoms with E-state index < -0.39 is 10.0 Å². The minimum absolute atomic E-state index is 0.177. The second kappa shape index (κ2) is 7.28. The Bertz CT molecular complexity index is 1010. The van der Waals surface area contributed by atoms with Crippen molar-refractivity contribution >= 4 is 21.4 Å². The summed E-state index contributed by atoms with van der Waals surface area (Å²) in [6, 6.07) is 7.51. The summed E-state index contributed by atoms with van der Waals surface area (Å²) in [7, 11) is -3.82. The number of nitrogens with two attached hydrogens (primary N) is 2. The molecule has 1 aromatic carbocycles. The van der Waals surface area contributed by atoms with Crippen LogP contribution in [0.25, 0.3) is 16.8 Å². The Kier molecular flexibility index (Phi) is 5.24. The lowest BCUT2D eigenvalue weighted by molar-refractivity contribution is 0.600. The van der Waals surface area contributed by atoms with Gasteiger partial charge in [-0.3, -0.25) is 0 Å². The first-order chi connectivity index (χ1) is 12.3. The fourth-order valence-corrected chi connectivity index (χ4v) is 5.19. The Labute approximate surface area is 156 Å². The van der Waals surface area contributed by atoms with Crippen molar-refractivity contribution in [3.8, 4) is 16.8 Å². The Hall–Kier alpha value is -2.07. The number of thiophene rings is 1. The van der Waals surface area contributed by atoms with Crippen LogP contribution >= 0.6 is 11.3 Å². The molecule has 0 unspecified atom stereocenters. The number of rotatable bonds is 6. The monoisotopic (exact) mass is 391 g/mol. The predicted octanol–water partition coefficient (Wildman–Crippen LogP) is 2.30. The maximum atomic E-state index is 12.1. The van der Waals surface area contributed by atoms with Gasteiger partial charge in [-0.25, -0.2) is 23.2 Å². The van der Waals surface area contributed by atoms with E-state index in [-0.39, 0.29) is 10.8 Å². The zero-order chi connectivity index (χ0) is 18.9. The van der Waals surface area contributed by atoms with Crippen molar-refractivity contribution in [3.05, 3.63) is 47.4 Å². The molecular formula is C17H21N5O2S2. The summed E-state index contributed by atoms with van der Waals surface area (Å²) in [5.74, 6) is 0.415. The molecule has 3 rings (SSSR count). The molecule has 3 aromatic rings. The Morgan fingerprint density at radius 3 is 2.58 bits per heavy atom. The molecule has 0 aliphatic carbocycles. The van der Waals surface area contributed by atoms with E-state index in [4.69, 9.17) is 10.9 Å². The zero-order valence-corrected chi connectivity index (χ0v) is 16.2. The average Bonchev–Trinajstić information content (AvgIpc) is 3.22. The molecular weight excluding hydrogens is 370 g/mol. The van der Waals surface area contributed by atoms with Crippen LogP contribution in [-0.2, 0) is 23.0 Å². The van der Waals surface area contributed by atoms with Crippen molar-refractivity contribution in [2.75, 3.05) is 0 Å². The first-order valence-corrected chi connectivity index (χ1v) is 10.5. The van der Waals surface area contributed by atoms with Crippen LogP contribution in [0.15, 0.2) is 41.1 Å². The number of benzene rings is 1. The molecule has 0 saturated heterocycles. The molecule has 0 spiro atoms. The van der Waals surface area contributed by atoms with Crippen molar-refractivity contribution < 1.29 is 8.42 Å². The third-order valence-corrected chi connectivity index (χ3v) is 6.53. The van der Waals surface area contributed by atoms with Crippen LogP contribution in [0.3, 0.4) is 0 Å². The van der Waals surface area contributed by atoms with E-state index in [1.807, 2.05) is 24.3 Å². The SMILES string of the molecule is CC(C)Cc1cc(-c2ccc(-n3cncn3)cc2CN)c(S(N)(=O)=O)s1. The van der Waals surface area contributed by atoms with E-state index in [9.17, 15) is 8.42 Å². The van der Waals surface area contributed by atoms with Gasteiger partial charge in [0.15, 0.2) is 0 Å². The van der Waals surface area contributed by atoms with Gasteiger partial charge in [-0.05, 0) is 41.7 Å². The number of aromatic nitrogens is 3. The van der Waals surface area contributed by atoms with E-state index in [0.29, 0.717) is 11.5 Å². The molecule has 0 aliphatic heterocycles. The molecule has 138 valence electrons. The van der Waals surface area contributed by atoms with Gasteiger partial charge in [0.2, 0.25) is 10.0 Å². The van der Waals surface area contributed by atoms with Crippen molar-refractivity contribution in [2.45, 2.75) is 31.0 Å². The Balaban J connectivity index is 2.15. The maximum absolute atomic E-state index is 12.1. The quantitative estimate of drug-likeness (QED) is 0.669. The van der Waals surface area contributed by atoms with Crippen LogP contribution in [0, 0.1) is 5.92 Å². The molecule has 4 N–H and O–H groups in total. The zero-order valence-electron chi connectivity index (χ0n) is 14.6. The van der Waals surface area contributed by atoms with Crippen LogP contribution in [0.5, 0.6) is 0 Å². The molecule has 2 aromatic heterocycles. The lowest BCUT2D eigenvalue weighted by Gasteiger charge is -2.11. The van der Waals surface area contributed by atoms with Gasteiger partial charge in [0.1, 0.15) is 16.9 Å². The van der Waals surface area contributed by atoms with E-state index in [2.05, 4.69) is 23.9 Å². The highest BCUT2D eigenvalue weighted by Crippen LogP contribution is 2.37. The number of nitrogens with zero attached hydrogens (tertiary/aromatic N) is 3. The number of hydrogen-bond donors (Lipinski definition) is 2.